The number of hydrogen-bond donors (Lipinski definition) is 1. The van der Waals surface area contributed by atoms with E-state index in [2.05, 4.69) is 10.3 Å². The van der Waals surface area contributed by atoms with Gasteiger partial charge in [0.2, 0.25) is 0 Å². The molecular weight excluding hydrogens is 426 g/mol. The number of aromatic nitrogens is 1. The minimum Gasteiger partial charge on any atom is -0.472 e. The first-order valence-corrected chi connectivity index (χ1v) is 10.9. The number of carbonyl (C=O) groups is 2. The van der Waals surface area contributed by atoms with Crippen molar-refractivity contribution in [1.82, 2.24) is 9.88 Å². The van der Waals surface area contributed by atoms with Crippen LogP contribution >= 0.6 is 11.3 Å². The van der Waals surface area contributed by atoms with Crippen LogP contribution in [0.3, 0.4) is 0 Å². The summed E-state index contributed by atoms with van der Waals surface area (Å²) in [6.07, 6.45) is 3.49. The van der Waals surface area contributed by atoms with Gasteiger partial charge < -0.3 is 14.1 Å². The summed E-state index contributed by atoms with van der Waals surface area (Å²) in [6.45, 7) is 1.04. The molecule has 1 aliphatic heterocycles. The van der Waals surface area contributed by atoms with Gasteiger partial charge in [-0.3, -0.25) is 14.9 Å². The van der Waals surface area contributed by atoms with Gasteiger partial charge in [-0.2, -0.15) is 0 Å². The van der Waals surface area contributed by atoms with Gasteiger partial charge in [-0.25, -0.2) is 4.98 Å². The van der Waals surface area contributed by atoms with Crippen molar-refractivity contribution in [2.24, 2.45) is 0 Å². The molecule has 0 atom stereocenters. The maximum absolute atomic E-state index is 13.0. The smallest absolute Gasteiger partial charge is 0.260 e. The normalized spacial score (nSPS) is 12.8. The summed E-state index contributed by atoms with van der Waals surface area (Å²) in [5.74, 6) is 1.11. The molecule has 1 N–H and O–H groups in total. The fraction of sp³-hybridized carbons (Fsp3) is 0.125. The highest BCUT2D eigenvalue weighted by Gasteiger charge is 2.25. The predicted molar refractivity (Wildman–Crippen MR) is 120 cm³/mol. The van der Waals surface area contributed by atoms with Gasteiger partial charge in [-0.1, -0.05) is 29.5 Å². The van der Waals surface area contributed by atoms with Crippen LogP contribution < -0.4 is 10.1 Å². The molecule has 3 heterocycles. The van der Waals surface area contributed by atoms with Gasteiger partial charge in [0.25, 0.3) is 11.8 Å². The molecule has 7 nitrogen and oxygen atoms in total. The molecule has 0 aliphatic carbocycles. The van der Waals surface area contributed by atoms with Crippen molar-refractivity contribution in [2.75, 3.05) is 11.9 Å². The van der Waals surface area contributed by atoms with Crippen LogP contribution in [0.25, 0.3) is 0 Å². The average molecular weight is 446 g/mol. The highest BCUT2D eigenvalue weighted by molar-refractivity contribution is 7.15. The number of fused-ring (bicyclic) bond motifs is 1. The van der Waals surface area contributed by atoms with Crippen LogP contribution in [0.1, 0.15) is 31.3 Å². The van der Waals surface area contributed by atoms with Crippen molar-refractivity contribution in [3.8, 4) is 11.5 Å². The second kappa shape index (κ2) is 8.68. The van der Waals surface area contributed by atoms with Crippen LogP contribution in [0.2, 0.25) is 0 Å². The Hall–Kier alpha value is -3.91. The van der Waals surface area contributed by atoms with Gasteiger partial charge >= 0.3 is 0 Å². The number of furan rings is 1. The molecule has 2 amide bonds. The number of nitrogens with zero attached hydrogens (tertiary/aromatic N) is 2. The largest absolute Gasteiger partial charge is 0.472 e. The van der Waals surface area contributed by atoms with Gasteiger partial charge in [0.05, 0.1) is 24.1 Å². The van der Waals surface area contributed by atoms with Crippen molar-refractivity contribution in [3.63, 3.8) is 0 Å². The number of para-hydroxylation sites is 1. The summed E-state index contributed by atoms with van der Waals surface area (Å²) in [6, 6.07) is 18.3. The van der Waals surface area contributed by atoms with E-state index in [0.29, 0.717) is 41.5 Å². The molecule has 0 saturated heterocycles. The molecule has 0 radical (unpaired) electrons. The highest BCUT2D eigenvalue weighted by atomic mass is 32.1. The summed E-state index contributed by atoms with van der Waals surface area (Å²) in [4.78, 5) is 32.5. The number of carbonyl (C=O) groups excluding carboxylic acids is 2. The van der Waals surface area contributed by atoms with Crippen LogP contribution in [-0.2, 0) is 13.0 Å². The summed E-state index contributed by atoms with van der Waals surface area (Å²) in [5, 5.41) is 3.32. The van der Waals surface area contributed by atoms with Crippen LogP contribution in [0.5, 0.6) is 11.5 Å². The second-order valence-electron chi connectivity index (χ2n) is 7.27. The lowest BCUT2D eigenvalue weighted by Gasteiger charge is -2.26. The van der Waals surface area contributed by atoms with Gasteiger partial charge in [0.1, 0.15) is 17.8 Å². The third kappa shape index (κ3) is 4.26. The lowest BCUT2D eigenvalue weighted by Crippen LogP contribution is -2.35. The molecule has 1 aliphatic rings. The average Bonchev–Trinajstić information content (AvgIpc) is 3.49. The zero-order chi connectivity index (χ0) is 21.9. The number of benzene rings is 2. The van der Waals surface area contributed by atoms with Gasteiger partial charge in [-0.15, -0.1) is 0 Å². The number of rotatable bonds is 5. The van der Waals surface area contributed by atoms with E-state index in [-0.39, 0.29) is 11.8 Å². The molecule has 0 spiro atoms. The summed E-state index contributed by atoms with van der Waals surface area (Å²) in [7, 11) is 0. The zero-order valence-corrected chi connectivity index (χ0v) is 17.8. The Morgan fingerprint density at radius 1 is 1.00 bits per heavy atom. The Labute approximate surface area is 188 Å². The molecule has 5 rings (SSSR count). The Morgan fingerprint density at radius 3 is 2.53 bits per heavy atom. The lowest BCUT2D eigenvalue weighted by atomic mass is 10.1. The summed E-state index contributed by atoms with van der Waals surface area (Å²) < 4.78 is 10.7. The fourth-order valence-electron chi connectivity index (χ4n) is 3.46. The van der Waals surface area contributed by atoms with E-state index in [1.165, 1.54) is 23.9 Å². The summed E-state index contributed by atoms with van der Waals surface area (Å²) in [5.41, 5.74) is 1.97. The minimum atomic E-state index is -0.268. The fourth-order valence-corrected chi connectivity index (χ4v) is 4.48. The van der Waals surface area contributed by atoms with E-state index >= 15 is 0 Å². The van der Waals surface area contributed by atoms with Crippen molar-refractivity contribution < 1.29 is 18.7 Å². The number of ether oxygens (including phenoxy) is 1. The molecular formula is C24H19N3O4S. The van der Waals surface area contributed by atoms with Crippen molar-refractivity contribution in [2.45, 2.75) is 13.0 Å². The van der Waals surface area contributed by atoms with Gasteiger partial charge in [-0.05, 0) is 42.5 Å². The molecule has 4 aromatic rings. The molecule has 0 unspecified atom stereocenters. The molecule has 2 aromatic heterocycles. The topological polar surface area (TPSA) is 84.7 Å². The maximum atomic E-state index is 13.0. The molecule has 0 bridgehead atoms. The van der Waals surface area contributed by atoms with Crippen LogP contribution in [-0.4, -0.2) is 28.2 Å². The lowest BCUT2D eigenvalue weighted by molar-refractivity contribution is 0.0736. The van der Waals surface area contributed by atoms with Crippen molar-refractivity contribution >= 4 is 28.3 Å². The third-order valence-electron chi connectivity index (χ3n) is 5.10. The van der Waals surface area contributed by atoms with E-state index in [1.54, 1.807) is 35.2 Å². The standard InChI is InChI=1S/C24H19N3O4S/c28-22(17-11-13-30-15-17)26-24-25-20-10-12-27(14-21(20)32-24)23(29)16-6-8-19(9-7-16)31-18-4-2-1-3-5-18/h1-9,11,13,15H,10,12,14H2,(H,25,26,28). The Kier molecular flexibility index (Phi) is 5.43. The van der Waals surface area contributed by atoms with E-state index in [9.17, 15) is 9.59 Å². The second-order valence-corrected chi connectivity index (χ2v) is 8.35. The summed E-state index contributed by atoms with van der Waals surface area (Å²) >= 11 is 1.39. The highest BCUT2D eigenvalue weighted by Crippen LogP contribution is 2.30. The predicted octanol–water partition coefficient (Wildman–Crippen LogP) is 4.98. The van der Waals surface area contributed by atoms with Gasteiger partial charge in [0.15, 0.2) is 5.13 Å². The number of amides is 2. The van der Waals surface area contributed by atoms with E-state index in [0.717, 1.165) is 16.3 Å². The molecule has 8 heteroatoms. The van der Waals surface area contributed by atoms with E-state index in [1.807, 2.05) is 30.3 Å². The Bertz CT molecular complexity index is 1230. The van der Waals surface area contributed by atoms with Crippen LogP contribution in [0.15, 0.2) is 77.6 Å². The number of nitrogens with one attached hydrogen (secondary N) is 1. The molecule has 0 saturated carbocycles. The zero-order valence-electron chi connectivity index (χ0n) is 17.0. The van der Waals surface area contributed by atoms with Crippen LogP contribution in [0, 0.1) is 0 Å². The third-order valence-corrected chi connectivity index (χ3v) is 6.10. The first kappa shape index (κ1) is 20.0. The first-order valence-electron chi connectivity index (χ1n) is 10.1. The monoisotopic (exact) mass is 445 g/mol. The Morgan fingerprint density at radius 2 is 1.78 bits per heavy atom. The number of thiazole rings is 1. The van der Waals surface area contributed by atoms with Crippen molar-refractivity contribution in [3.05, 3.63) is 94.9 Å². The van der Waals surface area contributed by atoms with E-state index < -0.39 is 0 Å². The van der Waals surface area contributed by atoms with E-state index in [4.69, 9.17) is 9.15 Å². The molecule has 2 aromatic carbocycles. The molecule has 32 heavy (non-hydrogen) atoms. The number of hydrogen-bond acceptors (Lipinski definition) is 6. The number of anilines is 1. The maximum Gasteiger partial charge on any atom is 0.260 e. The minimum absolute atomic E-state index is 0.0423. The SMILES string of the molecule is O=C(Nc1nc2c(s1)CN(C(=O)c1ccc(Oc3ccccc3)cc1)CC2)c1ccoc1. The Balaban J connectivity index is 1.23. The first-order chi connectivity index (χ1) is 15.7. The molecule has 0 fully saturated rings. The van der Waals surface area contributed by atoms with Crippen molar-refractivity contribution in [1.29, 1.82) is 0 Å². The molecule has 160 valence electrons. The quantitative estimate of drug-likeness (QED) is 0.468. The van der Waals surface area contributed by atoms with Crippen LogP contribution in [0.4, 0.5) is 5.13 Å². The van der Waals surface area contributed by atoms with Gasteiger partial charge in [0, 0.05) is 23.4 Å².